The number of carbonyl (C=O) groups is 1. The van der Waals surface area contributed by atoms with Crippen molar-refractivity contribution in [2.24, 2.45) is 0 Å². The molecule has 0 aromatic carbocycles. The monoisotopic (exact) mass is 360 g/mol. The van der Waals surface area contributed by atoms with Crippen LogP contribution in [0.1, 0.15) is 21.9 Å². The van der Waals surface area contributed by atoms with Crippen molar-refractivity contribution in [1.82, 2.24) is 24.3 Å². The third kappa shape index (κ3) is 3.59. The largest absolute Gasteiger partial charge is 0.453 e. The molecule has 27 heavy (non-hydrogen) atoms. The van der Waals surface area contributed by atoms with Crippen molar-refractivity contribution in [3.63, 3.8) is 0 Å². The van der Waals surface area contributed by atoms with Gasteiger partial charge in [-0.15, -0.1) is 0 Å². The van der Waals surface area contributed by atoms with E-state index in [-0.39, 0.29) is 5.91 Å². The Bertz CT molecular complexity index is 1120. The van der Waals surface area contributed by atoms with E-state index < -0.39 is 0 Å². The Morgan fingerprint density at radius 3 is 2.70 bits per heavy atom. The Labute approximate surface area is 154 Å². The lowest BCUT2D eigenvalue weighted by molar-refractivity contribution is 0.102. The minimum absolute atomic E-state index is 0.324. The predicted molar refractivity (Wildman–Crippen MR) is 99.0 cm³/mol. The molecule has 4 rings (SSSR count). The highest BCUT2D eigenvalue weighted by Gasteiger charge is 2.15. The van der Waals surface area contributed by atoms with Crippen molar-refractivity contribution >= 4 is 17.4 Å². The summed E-state index contributed by atoms with van der Waals surface area (Å²) in [5, 5.41) is 2.80. The molecular formula is C19H16N6O2. The maximum Gasteiger partial charge on any atom is 0.260 e. The fourth-order valence-electron chi connectivity index (χ4n) is 2.60. The van der Waals surface area contributed by atoms with Gasteiger partial charge in [0.25, 0.3) is 5.91 Å². The van der Waals surface area contributed by atoms with Crippen LogP contribution in [0.2, 0.25) is 0 Å². The Hall–Kier alpha value is -3.81. The lowest BCUT2D eigenvalue weighted by Gasteiger charge is -2.10. The van der Waals surface area contributed by atoms with Crippen LogP contribution in [-0.2, 0) is 0 Å². The molecule has 8 nitrogen and oxygen atoms in total. The zero-order chi connectivity index (χ0) is 18.8. The summed E-state index contributed by atoms with van der Waals surface area (Å²) < 4.78 is 7.53. The van der Waals surface area contributed by atoms with Gasteiger partial charge in [0.1, 0.15) is 23.0 Å². The first-order valence-corrected chi connectivity index (χ1v) is 8.27. The van der Waals surface area contributed by atoms with E-state index in [0.29, 0.717) is 34.4 Å². The lowest BCUT2D eigenvalue weighted by Crippen LogP contribution is -2.14. The summed E-state index contributed by atoms with van der Waals surface area (Å²) in [6.45, 7) is 3.66. The molecule has 0 aliphatic rings. The van der Waals surface area contributed by atoms with E-state index in [2.05, 4.69) is 25.3 Å². The van der Waals surface area contributed by atoms with Gasteiger partial charge >= 0.3 is 0 Å². The van der Waals surface area contributed by atoms with Crippen LogP contribution in [0, 0.1) is 13.8 Å². The average molecular weight is 360 g/mol. The van der Waals surface area contributed by atoms with Crippen molar-refractivity contribution in [2.75, 3.05) is 5.32 Å². The molecular weight excluding hydrogens is 344 g/mol. The number of pyridine rings is 2. The highest BCUT2D eigenvalue weighted by Crippen LogP contribution is 2.24. The number of aromatic nitrogens is 5. The molecule has 0 fully saturated rings. The number of hydrogen-bond acceptors (Lipinski definition) is 6. The van der Waals surface area contributed by atoms with Gasteiger partial charge in [0.2, 0.25) is 0 Å². The van der Waals surface area contributed by atoms with E-state index in [1.165, 1.54) is 0 Å². The molecule has 0 atom stereocenters. The maximum absolute atomic E-state index is 12.8. The number of amides is 1. The van der Waals surface area contributed by atoms with Crippen molar-refractivity contribution in [1.29, 1.82) is 0 Å². The molecule has 134 valence electrons. The number of hydrogen-bond donors (Lipinski definition) is 1. The minimum Gasteiger partial charge on any atom is -0.453 e. The fourth-order valence-corrected chi connectivity index (χ4v) is 2.60. The van der Waals surface area contributed by atoms with Gasteiger partial charge in [0.05, 0.1) is 24.2 Å². The number of fused-ring (bicyclic) bond motifs is 1. The Balaban J connectivity index is 1.67. The second kappa shape index (κ2) is 6.83. The number of carbonyl (C=O) groups excluding carboxylic acids is 1. The zero-order valence-electron chi connectivity index (χ0n) is 14.7. The number of nitrogens with zero attached hydrogens (tertiary/aromatic N) is 5. The molecule has 4 heterocycles. The summed E-state index contributed by atoms with van der Waals surface area (Å²) in [5.74, 6) is 1.75. The highest BCUT2D eigenvalue weighted by molar-refractivity contribution is 6.08. The third-order valence-electron chi connectivity index (χ3n) is 3.83. The van der Waals surface area contributed by atoms with Gasteiger partial charge in [-0.25, -0.2) is 19.9 Å². The van der Waals surface area contributed by atoms with Gasteiger partial charge in [-0.3, -0.25) is 4.79 Å². The van der Waals surface area contributed by atoms with Gasteiger partial charge in [-0.1, -0.05) is 6.07 Å². The van der Waals surface area contributed by atoms with E-state index in [1.807, 2.05) is 19.1 Å². The van der Waals surface area contributed by atoms with Crippen LogP contribution in [0.5, 0.6) is 11.5 Å². The van der Waals surface area contributed by atoms with Gasteiger partial charge < -0.3 is 14.5 Å². The first-order valence-electron chi connectivity index (χ1n) is 8.27. The molecule has 1 amide bonds. The van der Waals surface area contributed by atoms with Crippen LogP contribution in [0.4, 0.5) is 5.82 Å². The zero-order valence-corrected chi connectivity index (χ0v) is 14.7. The summed E-state index contributed by atoms with van der Waals surface area (Å²) in [7, 11) is 0. The molecule has 0 saturated carbocycles. The third-order valence-corrected chi connectivity index (χ3v) is 3.83. The van der Waals surface area contributed by atoms with E-state index in [9.17, 15) is 4.79 Å². The minimum atomic E-state index is -0.324. The second-order valence-electron chi connectivity index (χ2n) is 5.93. The number of ether oxygens (including phenoxy) is 1. The van der Waals surface area contributed by atoms with Crippen molar-refractivity contribution in [2.45, 2.75) is 13.8 Å². The Morgan fingerprint density at radius 2 is 1.93 bits per heavy atom. The number of anilines is 1. The number of aryl methyl sites for hydroxylation is 2. The fraction of sp³-hybridized carbons (Fsp3) is 0.105. The summed E-state index contributed by atoms with van der Waals surface area (Å²) in [6.07, 6.45) is 8.27. The smallest absolute Gasteiger partial charge is 0.260 e. The van der Waals surface area contributed by atoms with Gasteiger partial charge in [-0.2, -0.15) is 0 Å². The van der Waals surface area contributed by atoms with Crippen molar-refractivity contribution in [3.8, 4) is 11.5 Å². The Kier molecular flexibility index (Phi) is 4.21. The molecule has 0 spiro atoms. The molecule has 0 aliphatic heterocycles. The molecule has 0 bridgehead atoms. The van der Waals surface area contributed by atoms with E-state index in [4.69, 9.17) is 4.74 Å². The number of imidazole rings is 1. The number of rotatable bonds is 4. The van der Waals surface area contributed by atoms with Crippen LogP contribution in [0.25, 0.3) is 5.65 Å². The summed E-state index contributed by atoms with van der Waals surface area (Å²) in [4.78, 5) is 29.6. The molecule has 1 N–H and O–H groups in total. The van der Waals surface area contributed by atoms with Gasteiger partial charge in [-0.05, 0) is 32.0 Å². The molecule has 4 aromatic heterocycles. The lowest BCUT2D eigenvalue weighted by atomic mass is 10.2. The van der Waals surface area contributed by atoms with Crippen LogP contribution in [0.15, 0.2) is 55.2 Å². The SMILES string of the molecule is Cc1cccc(NC(=O)c2cc(Oc3cnc(C)nc3)cn3ccnc23)n1. The molecule has 0 unspecified atom stereocenters. The highest BCUT2D eigenvalue weighted by atomic mass is 16.5. The molecule has 4 aromatic rings. The van der Waals surface area contributed by atoms with E-state index >= 15 is 0 Å². The van der Waals surface area contributed by atoms with Crippen LogP contribution >= 0.6 is 0 Å². The maximum atomic E-state index is 12.8. The molecule has 8 heteroatoms. The standard InChI is InChI=1S/C19H16N6O2/c1-12-4-3-5-17(23-12)24-19(26)16-8-14(11-25-7-6-20-18(16)25)27-15-9-21-13(2)22-10-15/h3-11H,1-2H3,(H,23,24,26). The first-order chi connectivity index (χ1) is 13.1. The summed E-state index contributed by atoms with van der Waals surface area (Å²) in [5.41, 5.74) is 1.71. The van der Waals surface area contributed by atoms with Crippen molar-refractivity contribution < 1.29 is 9.53 Å². The van der Waals surface area contributed by atoms with Crippen LogP contribution in [0.3, 0.4) is 0 Å². The summed E-state index contributed by atoms with van der Waals surface area (Å²) >= 11 is 0. The molecule has 0 radical (unpaired) electrons. The van der Waals surface area contributed by atoms with E-state index in [1.54, 1.807) is 54.4 Å². The normalized spacial score (nSPS) is 10.7. The predicted octanol–water partition coefficient (Wildman–Crippen LogP) is 3.18. The van der Waals surface area contributed by atoms with Crippen LogP contribution in [-0.4, -0.2) is 30.2 Å². The molecule has 0 aliphatic carbocycles. The average Bonchev–Trinajstić information content (AvgIpc) is 3.11. The molecule has 0 saturated heterocycles. The quantitative estimate of drug-likeness (QED) is 0.601. The first kappa shape index (κ1) is 16.6. The Morgan fingerprint density at radius 1 is 1.11 bits per heavy atom. The van der Waals surface area contributed by atoms with E-state index in [0.717, 1.165) is 5.69 Å². The van der Waals surface area contributed by atoms with Crippen molar-refractivity contribution in [3.05, 3.63) is 72.3 Å². The van der Waals surface area contributed by atoms with Gasteiger partial charge in [0, 0.05) is 18.1 Å². The summed E-state index contributed by atoms with van der Waals surface area (Å²) in [6, 6.07) is 7.06. The topological polar surface area (TPSA) is 94.3 Å². The number of nitrogens with one attached hydrogen (secondary N) is 1. The van der Waals surface area contributed by atoms with Crippen LogP contribution < -0.4 is 10.1 Å². The van der Waals surface area contributed by atoms with Gasteiger partial charge in [0.15, 0.2) is 5.75 Å². The second-order valence-corrected chi connectivity index (χ2v) is 5.93.